The van der Waals surface area contributed by atoms with E-state index in [2.05, 4.69) is 13.0 Å². The third-order valence-corrected chi connectivity index (χ3v) is 4.16. The van der Waals surface area contributed by atoms with Gasteiger partial charge in [-0.05, 0) is 37.0 Å². The van der Waals surface area contributed by atoms with Crippen molar-refractivity contribution in [3.8, 4) is 0 Å². The van der Waals surface area contributed by atoms with E-state index in [0.29, 0.717) is 10.6 Å². The molecule has 0 aliphatic rings. The summed E-state index contributed by atoms with van der Waals surface area (Å²) in [5.74, 6) is -1.45. The fraction of sp³-hybridized carbons (Fsp3) is 0.524. The second-order valence-corrected chi connectivity index (χ2v) is 6.51. The Bertz CT molecular complexity index is 583. The fourth-order valence-electron chi connectivity index (χ4n) is 2.67. The number of aliphatic carboxylic acids is 1. The number of nitrogens with zero attached hydrogens (tertiary/aromatic N) is 1. The molecule has 0 aromatic heterocycles. The lowest BCUT2D eigenvalue weighted by Crippen LogP contribution is -2.28. The maximum atomic E-state index is 12.2. The zero-order valence-corrected chi connectivity index (χ0v) is 15.7. The largest absolute Gasteiger partial charge is 0.481 e. The average molecular weight is 361 g/mol. The minimum Gasteiger partial charge on any atom is -0.481 e. The van der Waals surface area contributed by atoms with E-state index in [1.807, 2.05) is 12.1 Å². The number of hydrogen-bond acceptors (Lipinski definition) is 3. The van der Waals surface area contributed by atoms with Crippen LogP contribution >= 0.6 is 0 Å². The summed E-state index contributed by atoms with van der Waals surface area (Å²) in [5, 5.41) is 19.0. The van der Waals surface area contributed by atoms with Crippen molar-refractivity contribution in [2.45, 2.75) is 64.7 Å². The second kappa shape index (κ2) is 13.1. The molecule has 0 radical (unpaired) electrons. The van der Waals surface area contributed by atoms with Gasteiger partial charge in [0.05, 0.1) is 0 Å². The Hall–Kier alpha value is -2.14. The molecule has 26 heavy (non-hydrogen) atoms. The number of amides is 1. The minimum absolute atomic E-state index is 0.00321. The Morgan fingerprint density at radius 1 is 1.08 bits per heavy atom. The van der Waals surface area contributed by atoms with E-state index in [1.54, 1.807) is 18.2 Å². The van der Waals surface area contributed by atoms with Crippen LogP contribution in [0.25, 0.3) is 6.08 Å². The van der Waals surface area contributed by atoms with Crippen LogP contribution in [-0.4, -0.2) is 33.8 Å². The Morgan fingerprint density at radius 3 is 2.54 bits per heavy atom. The summed E-state index contributed by atoms with van der Waals surface area (Å²) in [6, 6.07) is 7.08. The molecule has 0 saturated carbocycles. The molecule has 2 N–H and O–H groups in total. The SMILES string of the molecule is CCCCCCCCC=Cc1cccc(C(=O)N(O)CCCC(=O)O)c1. The molecule has 0 aliphatic heterocycles. The maximum absolute atomic E-state index is 12.2. The summed E-state index contributed by atoms with van der Waals surface area (Å²) in [6.45, 7) is 2.22. The van der Waals surface area contributed by atoms with Crippen LogP contribution in [0, 0.1) is 0 Å². The predicted molar refractivity (Wildman–Crippen MR) is 103 cm³/mol. The minimum atomic E-state index is -0.941. The number of carbonyl (C=O) groups is 2. The number of benzene rings is 1. The molecule has 0 unspecified atom stereocenters. The molecule has 0 aliphatic carbocycles. The summed E-state index contributed by atoms with van der Waals surface area (Å²) in [6.07, 6.45) is 12.9. The first-order valence-electron chi connectivity index (χ1n) is 9.53. The van der Waals surface area contributed by atoms with Gasteiger partial charge in [-0.1, -0.05) is 63.3 Å². The van der Waals surface area contributed by atoms with Crippen LogP contribution in [-0.2, 0) is 4.79 Å². The molecule has 5 nitrogen and oxygen atoms in total. The Morgan fingerprint density at radius 2 is 1.81 bits per heavy atom. The molecule has 0 atom stereocenters. The summed E-state index contributed by atoms with van der Waals surface area (Å²) in [4.78, 5) is 22.7. The summed E-state index contributed by atoms with van der Waals surface area (Å²) in [5.41, 5.74) is 1.31. The van der Waals surface area contributed by atoms with Crippen molar-refractivity contribution in [3.63, 3.8) is 0 Å². The lowest BCUT2D eigenvalue weighted by atomic mass is 10.1. The van der Waals surface area contributed by atoms with Gasteiger partial charge < -0.3 is 5.11 Å². The molecule has 0 spiro atoms. The number of unbranched alkanes of at least 4 members (excludes halogenated alkanes) is 6. The summed E-state index contributed by atoms with van der Waals surface area (Å²) < 4.78 is 0. The zero-order chi connectivity index (χ0) is 19.2. The van der Waals surface area contributed by atoms with Gasteiger partial charge in [0.1, 0.15) is 0 Å². The first kappa shape index (κ1) is 21.9. The van der Waals surface area contributed by atoms with E-state index < -0.39 is 11.9 Å². The lowest BCUT2D eigenvalue weighted by molar-refractivity contribution is -0.137. The molecule has 5 heteroatoms. The quantitative estimate of drug-likeness (QED) is 0.289. The van der Waals surface area contributed by atoms with Crippen LogP contribution in [0.1, 0.15) is 80.6 Å². The van der Waals surface area contributed by atoms with Crippen molar-refractivity contribution in [2.75, 3.05) is 6.54 Å². The van der Waals surface area contributed by atoms with Gasteiger partial charge in [0.2, 0.25) is 0 Å². The summed E-state index contributed by atoms with van der Waals surface area (Å²) in [7, 11) is 0. The zero-order valence-electron chi connectivity index (χ0n) is 15.7. The monoisotopic (exact) mass is 361 g/mol. The van der Waals surface area contributed by atoms with Gasteiger partial charge in [-0.25, -0.2) is 5.06 Å². The number of rotatable bonds is 13. The van der Waals surface area contributed by atoms with Crippen molar-refractivity contribution in [1.82, 2.24) is 5.06 Å². The maximum Gasteiger partial charge on any atom is 0.303 e. The third-order valence-electron chi connectivity index (χ3n) is 4.16. The molecular formula is C21H31NO4. The highest BCUT2D eigenvalue weighted by Crippen LogP contribution is 2.12. The highest BCUT2D eigenvalue weighted by Gasteiger charge is 2.13. The van der Waals surface area contributed by atoms with E-state index in [1.165, 1.54) is 38.5 Å². The smallest absolute Gasteiger partial charge is 0.303 e. The predicted octanol–water partition coefficient (Wildman–Crippen LogP) is 5.15. The Labute approximate surface area is 156 Å². The number of carbonyl (C=O) groups excluding carboxylic acids is 1. The van der Waals surface area contributed by atoms with Gasteiger partial charge in [0, 0.05) is 18.5 Å². The number of hydrogen-bond donors (Lipinski definition) is 2. The molecule has 1 aromatic carbocycles. The van der Waals surface area contributed by atoms with E-state index in [9.17, 15) is 14.8 Å². The van der Waals surface area contributed by atoms with Gasteiger partial charge in [0.15, 0.2) is 0 Å². The van der Waals surface area contributed by atoms with Gasteiger partial charge in [-0.3, -0.25) is 14.8 Å². The van der Waals surface area contributed by atoms with Crippen molar-refractivity contribution in [1.29, 1.82) is 0 Å². The van der Waals surface area contributed by atoms with Crippen LogP contribution in [0.4, 0.5) is 0 Å². The molecule has 0 saturated heterocycles. The van der Waals surface area contributed by atoms with Crippen molar-refractivity contribution < 1.29 is 19.9 Å². The van der Waals surface area contributed by atoms with E-state index in [-0.39, 0.29) is 19.4 Å². The Balaban J connectivity index is 2.42. The van der Waals surface area contributed by atoms with Gasteiger partial charge >= 0.3 is 5.97 Å². The normalized spacial score (nSPS) is 11.0. The van der Waals surface area contributed by atoms with Crippen LogP contribution in [0.5, 0.6) is 0 Å². The molecule has 1 rings (SSSR count). The second-order valence-electron chi connectivity index (χ2n) is 6.51. The average Bonchev–Trinajstić information content (AvgIpc) is 2.63. The van der Waals surface area contributed by atoms with E-state index >= 15 is 0 Å². The fourth-order valence-corrected chi connectivity index (χ4v) is 2.67. The number of carboxylic acid groups (broad SMARTS) is 1. The number of hydroxylamine groups is 2. The van der Waals surface area contributed by atoms with Crippen molar-refractivity contribution in [2.24, 2.45) is 0 Å². The molecule has 144 valence electrons. The molecule has 0 bridgehead atoms. The standard InChI is InChI=1S/C21H31NO4/c1-2-3-4-5-6-7-8-9-12-18-13-10-14-19(17-18)21(25)22(26)16-11-15-20(23)24/h9-10,12-14,17,26H,2-8,11,15-16H2,1H3,(H,23,24). The number of carboxylic acids is 1. The molecule has 1 amide bonds. The molecule has 1 aromatic rings. The molecule has 0 fully saturated rings. The first-order chi connectivity index (χ1) is 12.5. The van der Waals surface area contributed by atoms with E-state index in [4.69, 9.17) is 5.11 Å². The van der Waals surface area contributed by atoms with Crippen LogP contribution in [0.15, 0.2) is 30.3 Å². The van der Waals surface area contributed by atoms with Crippen LogP contribution in [0.2, 0.25) is 0 Å². The van der Waals surface area contributed by atoms with Crippen LogP contribution < -0.4 is 0 Å². The highest BCUT2D eigenvalue weighted by molar-refractivity contribution is 5.94. The first-order valence-corrected chi connectivity index (χ1v) is 9.53. The van der Waals surface area contributed by atoms with Gasteiger partial charge in [-0.15, -0.1) is 0 Å². The molecular weight excluding hydrogens is 330 g/mol. The van der Waals surface area contributed by atoms with Crippen molar-refractivity contribution >= 4 is 18.0 Å². The number of allylic oxidation sites excluding steroid dienone is 1. The highest BCUT2D eigenvalue weighted by atomic mass is 16.5. The topological polar surface area (TPSA) is 77.8 Å². The molecule has 0 heterocycles. The van der Waals surface area contributed by atoms with Crippen molar-refractivity contribution in [3.05, 3.63) is 41.5 Å². The third kappa shape index (κ3) is 9.37. The van der Waals surface area contributed by atoms with Gasteiger partial charge in [-0.2, -0.15) is 0 Å². The lowest BCUT2D eigenvalue weighted by Gasteiger charge is -2.14. The van der Waals surface area contributed by atoms with E-state index in [0.717, 1.165) is 12.0 Å². The van der Waals surface area contributed by atoms with Crippen LogP contribution in [0.3, 0.4) is 0 Å². The summed E-state index contributed by atoms with van der Waals surface area (Å²) >= 11 is 0. The Kier molecular flexibility index (Phi) is 11.0. The van der Waals surface area contributed by atoms with Gasteiger partial charge in [0.25, 0.3) is 5.91 Å².